The highest BCUT2D eigenvalue weighted by Gasteiger charge is 2.35. The molecule has 1 atom stereocenters. The van der Waals surface area contributed by atoms with Crippen LogP contribution in [0.1, 0.15) is 12.0 Å². The van der Waals surface area contributed by atoms with Crippen LogP contribution in [0.5, 0.6) is 0 Å². The number of ether oxygens (including phenoxy) is 1. The molecule has 4 N–H and O–H groups in total. The van der Waals surface area contributed by atoms with E-state index in [4.69, 9.17) is 15.6 Å². The minimum absolute atomic E-state index is 0.0141. The van der Waals surface area contributed by atoms with Crippen molar-refractivity contribution in [3.05, 3.63) is 48.2 Å². The molecule has 1 unspecified atom stereocenters. The summed E-state index contributed by atoms with van der Waals surface area (Å²) in [5, 5.41) is 11.0. The number of urea groups is 1. The third-order valence-electron chi connectivity index (χ3n) is 2.93. The molecular formula is C14H15N3O5. The average Bonchev–Trinajstić information content (AvgIpc) is 2.44. The van der Waals surface area contributed by atoms with Crippen molar-refractivity contribution >= 4 is 18.1 Å². The molecule has 0 aromatic heterocycles. The van der Waals surface area contributed by atoms with Crippen LogP contribution in [0.2, 0.25) is 0 Å². The summed E-state index contributed by atoms with van der Waals surface area (Å²) in [6.45, 7) is 0.0141. The van der Waals surface area contributed by atoms with Crippen molar-refractivity contribution in [2.24, 2.45) is 5.73 Å². The number of rotatable bonds is 4. The van der Waals surface area contributed by atoms with Crippen molar-refractivity contribution in [1.82, 2.24) is 10.2 Å². The van der Waals surface area contributed by atoms with Gasteiger partial charge in [-0.15, -0.1) is 0 Å². The molecule has 8 heteroatoms. The lowest BCUT2D eigenvalue weighted by Gasteiger charge is -2.32. The lowest BCUT2D eigenvalue weighted by molar-refractivity contribution is -0.138. The Morgan fingerprint density at radius 1 is 1.32 bits per heavy atom. The van der Waals surface area contributed by atoms with Crippen LogP contribution < -0.4 is 11.1 Å². The molecule has 1 heterocycles. The Labute approximate surface area is 126 Å². The fourth-order valence-corrected chi connectivity index (χ4v) is 1.86. The van der Waals surface area contributed by atoms with E-state index >= 15 is 0 Å². The van der Waals surface area contributed by atoms with Crippen molar-refractivity contribution in [2.45, 2.75) is 18.7 Å². The Kier molecular flexibility index (Phi) is 4.42. The van der Waals surface area contributed by atoms with Gasteiger partial charge in [-0.1, -0.05) is 30.3 Å². The molecule has 0 spiro atoms. The van der Waals surface area contributed by atoms with Gasteiger partial charge in [0.15, 0.2) is 0 Å². The second-order valence-electron chi connectivity index (χ2n) is 4.77. The van der Waals surface area contributed by atoms with E-state index in [2.05, 4.69) is 5.32 Å². The lowest BCUT2D eigenvalue weighted by Crippen LogP contribution is -2.61. The normalized spacial score (nSPS) is 20.4. The first-order valence-electron chi connectivity index (χ1n) is 6.42. The van der Waals surface area contributed by atoms with Crippen molar-refractivity contribution in [3.8, 4) is 0 Å². The molecule has 116 valence electrons. The van der Waals surface area contributed by atoms with Gasteiger partial charge in [0.1, 0.15) is 12.3 Å². The summed E-state index contributed by atoms with van der Waals surface area (Å²) in [6.07, 6.45) is 0.957. The highest BCUT2D eigenvalue weighted by Crippen LogP contribution is 2.14. The van der Waals surface area contributed by atoms with Gasteiger partial charge in [0, 0.05) is 6.20 Å². The molecule has 1 aromatic rings. The number of hydrogen-bond acceptors (Lipinski definition) is 5. The zero-order valence-corrected chi connectivity index (χ0v) is 11.6. The maximum Gasteiger partial charge on any atom is 0.422 e. The predicted octanol–water partition coefficient (Wildman–Crippen LogP) is 0.992. The molecule has 2 rings (SSSR count). The van der Waals surface area contributed by atoms with Gasteiger partial charge in [-0.2, -0.15) is 0 Å². The Hall–Kier alpha value is -2.87. The number of carboxylic acid groups (broad SMARTS) is 1. The number of nitrogens with two attached hydrogens (primary N) is 1. The van der Waals surface area contributed by atoms with Crippen LogP contribution in [-0.4, -0.2) is 33.8 Å². The first-order valence-corrected chi connectivity index (χ1v) is 6.42. The van der Waals surface area contributed by atoms with Crippen LogP contribution in [0, 0.1) is 0 Å². The van der Waals surface area contributed by atoms with E-state index in [0.717, 1.165) is 11.8 Å². The Bertz CT molecular complexity index is 616. The van der Waals surface area contributed by atoms with E-state index in [1.807, 2.05) is 6.07 Å². The van der Waals surface area contributed by atoms with Crippen molar-refractivity contribution < 1.29 is 24.2 Å². The first kappa shape index (κ1) is 15.5. The number of hydrogen-bond donors (Lipinski definition) is 3. The molecular weight excluding hydrogens is 290 g/mol. The third kappa shape index (κ3) is 3.83. The molecule has 1 aromatic carbocycles. The van der Waals surface area contributed by atoms with Crippen molar-refractivity contribution in [1.29, 1.82) is 0 Å². The average molecular weight is 305 g/mol. The maximum absolute atomic E-state index is 11.8. The Morgan fingerprint density at radius 3 is 2.59 bits per heavy atom. The van der Waals surface area contributed by atoms with Gasteiger partial charge >= 0.3 is 18.1 Å². The van der Waals surface area contributed by atoms with Gasteiger partial charge in [-0.05, 0) is 11.6 Å². The summed E-state index contributed by atoms with van der Waals surface area (Å²) in [7, 11) is 0. The highest BCUT2D eigenvalue weighted by atomic mass is 16.6. The molecule has 0 radical (unpaired) electrons. The van der Waals surface area contributed by atoms with E-state index in [9.17, 15) is 14.4 Å². The van der Waals surface area contributed by atoms with Gasteiger partial charge in [-0.3, -0.25) is 4.79 Å². The summed E-state index contributed by atoms with van der Waals surface area (Å²) >= 11 is 0. The summed E-state index contributed by atoms with van der Waals surface area (Å²) in [6, 6.07) is 8.13. The molecule has 0 saturated carbocycles. The number of benzene rings is 1. The second kappa shape index (κ2) is 6.27. The number of nitrogens with one attached hydrogen (secondary N) is 1. The largest absolute Gasteiger partial charge is 0.481 e. The van der Waals surface area contributed by atoms with Gasteiger partial charge in [0.2, 0.25) is 0 Å². The number of carbonyl (C=O) groups is 3. The molecule has 22 heavy (non-hydrogen) atoms. The number of nitrogens with zero attached hydrogens (tertiary/aromatic N) is 1. The number of amides is 3. The molecule has 1 aliphatic rings. The quantitative estimate of drug-likeness (QED) is 0.762. The van der Waals surface area contributed by atoms with Crippen molar-refractivity contribution in [3.63, 3.8) is 0 Å². The number of aliphatic carboxylic acids is 1. The molecule has 8 nitrogen and oxygen atoms in total. The van der Waals surface area contributed by atoms with Crippen LogP contribution in [0.4, 0.5) is 9.59 Å². The van der Waals surface area contributed by atoms with E-state index < -0.39 is 30.2 Å². The molecule has 0 fully saturated rings. The van der Waals surface area contributed by atoms with Crippen LogP contribution in [0.15, 0.2) is 42.6 Å². The maximum atomic E-state index is 11.8. The minimum atomic E-state index is -1.53. The first-order chi connectivity index (χ1) is 10.4. The zero-order chi connectivity index (χ0) is 16.2. The smallest absolute Gasteiger partial charge is 0.422 e. The van der Waals surface area contributed by atoms with Gasteiger partial charge in [0.25, 0.3) is 0 Å². The zero-order valence-electron chi connectivity index (χ0n) is 11.6. The van der Waals surface area contributed by atoms with E-state index in [1.54, 1.807) is 24.3 Å². The van der Waals surface area contributed by atoms with Crippen LogP contribution in [0.3, 0.4) is 0 Å². The predicted molar refractivity (Wildman–Crippen MR) is 75.3 cm³/mol. The lowest BCUT2D eigenvalue weighted by atomic mass is 10.1. The van der Waals surface area contributed by atoms with Crippen LogP contribution >= 0.6 is 0 Å². The molecule has 1 aliphatic heterocycles. The summed E-state index contributed by atoms with van der Waals surface area (Å²) in [5.41, 5.74) is 4.95. The van der Waals surface area contributed by atoms with Crippen molar-refractivity contribution in [2.75, 3.05) is 0 Å². The topological polar surface area (TPSA) is 122 Å². The molecule has 3 amide bonds. The Morgan fingerprint density at radius 2 is 2.00 bits per heavy atom. The number of imide groups is 1. The van der Waals surface area contributed by atoms with Gasteiger partial charge < -0.3 is 20.9 Å². The second-order valence-corrected chi connectivity index (χ2v) is 4.77. The summed E-state index contributed by atoms with van der Waals surface area (Å²) in [4.78, 5) is 35.1. The van der Waals surface area contributed by atoms with E-state index in [0.29, 0.717) is 4.90 Å². The van der Waals surface area contributed by atoms with Gasteiger partial charge in [0.05, 0.1) is 6.42 Å². The minimum Gasteiger partial charge on any atom is -0.481 e. The molecule has 0 bridgehead atoms. The SMILES string of the molecule is NC1(CC(=O)O)C=CN(C(=O)OCc2ccccc2)C(=O)N1. The highest BCUT2D eigenvalue weighted by molar-refractivity contribution is 5.93. The number of carboxylic acids is 1. The third-order valence-corrected chi connectivity index (χ3v) is 2.93. The molecule has 0 aliphatic carbocycles. The number of carbonyl (C=O) groups excluding carboxylic acids is 2. The van der Waals surface area contributed by atoms with Crippen LogP contribution in [0.25, 0.3) is 0 Å². The monoisotopic (exact) mass is 305 g/mol. The summed E-state index contributed by atoms with van der Waals surface area (Å²) < 4.78 is 5.00. The fourth-order valence-electron chi connectivity index (χ4n) is 1.86. The van der Waals surface area contributed by atoms with Gasteiger partial charge in [-0.25, -0.2) is 14.5 Å². The Balaban J connectivity index is 1.98. The fraction of sp³-hybridized carbons (Fsp3) is 0.214. The van der Waals surface area contributed by atoms with E-state index in [-0.39, 0.29) is 6.61 Å². The molecule has 0 saturated heterocycles. The summed E-state index contributed by atoms with van der Waals surface area (Å²) in [5.74, 6) is -1.17. The van der Waals surface area contributed by atoms with E-state index in [1.165, 1.54) is 6.08 Å². The standard InChI is InChI=1S/C14H15N3O5/c15-14(8-11(18)19)6-7-17(12(20)16-14)13(21)22-9-10-4-2-1-3-5-10/h1-7H,8-9,15H2,(H,16,20)(H,18,19). The van der Waals surface area contributed by atoms with Crippen LogP contribution in [-0.2, 0) is 16.1 Å².